The van der Waals surface area contributed by atoms with Crippen molar-refractivity contribution in [3.8, 4) is 0 Å². The highest BCUT2D eigenvalue weighted by Crippen LogP contribution is 2.11. The lowest BCUT2D eigenvalue weighted by Crippen LogP contribution is -2.24. The van der Waals surface area contributed by atoms with Crippen molar-refractivity contribution in [3.05, 3.63) is 65.5 Å². The van der Waals surface area contributed by atoms with Crippen LogP contribution in [0, 0.1) is 5.82 Å². The van der Waals surface area contributed by atoms with Gasteiger partial charge < -0.3 is 15.2 Å². The first kappa shape index (κ1) is 17.6. The van der Waals surface area contributed by atoms with E-state index in [1.807, 2.05) is 0 Å². The molecule has 0 heterocycles. The lowest BCUT2D eigenvalue weighted by atomic mass is 10.1. The van der Waals surface area contributed by atoms with Crippen LogP contribution in [0.4, 0.5) is 10.1 Å². The number of halogens is 1. The maximum atomic E-state index is 12.8. The van der Waals surface area contributed by atoms with Crippen molar-refractivity contribution in [1.29, 1.82) is 0 Å². The first-order chi connectivity index (χ1) is 11.2. The van der Waals surface area contributed by atoms with Crippen LogP contribution in [0.5, 0.6) is 0 Å². The van der Waals surface area contributed by atoms with E-state index in [-0.39, 0.29) is 11.3 Å². The fraction of sp³-hybridized carbons (Fsp3) is 0.125. The molecule has 0 aromatic heterocycles. The van der Waals surface area contributed by atoms with Crippen LogP contribution in [0.15, 0.2) is 48.5 Å². The number of anilines is 1. The van der Waals surface area contributed by atoms with Crippen molar-refractivity contribution < 1.29 is 27.5 Å². The van der Waals surface area contributed by atoms with Crippen molar-refractivity contribution >= 4 is 27.4 Å². The van der Waals surface area contributed by atoms with E-state index in [4.69, 9.17) is 0 Å². The number of hydrogen-bond acceptors (Lipinski definition) is 5. The minimum absolute atomic E-state index is 0.0646. The molecule has 2 aromatic carbocycles. The molecule has 0 atom stereocenters. The zero-order valence-corrected chi connectivity index (χ0v) is 13.2. The van der Waals surface area contributed by atoms with Crippen LogP contribution in [0.1, 0.15) is 15.9 Å². The van der Waals surface area contributed by atoms with Gasteiger partial charge in [-0.05, 0) is 35.4 Å². The molecule has 8 heteroatoms. The van der Waals surface area contributed by atoms with E-state index in [1.165, 1.54) is 36.4 Å². The summed E-state index contributed by atoms with van der Waals surface area (Å²) in [6.07, 6.45) is 0. The number of sulfone groups is 1. The van der Waals surface area contributed by atoms with Crippen LogP contribution in [0.25, 0.3) is 0 Å². The molecule has 0 bridgehead atoms. The first-order valence-corrected chi connectivity index (χ1v) is 8.63. The summed E-state index contributed by atoms with van der Waals surface area (Å²) in [5, 5.41) is 13.0. The second-order valence-corrected chi connectivity index (χ2v) is 7.14. The Kier molecular flexibility index (Phi) is 5.30. The van der Waals surface area contributed by atoms with E-state index in [0.29, 0.717) is 5.56 Å². The molecule has 0 unspecified atom stereocenters. The van der Waals surface area contributed by atoms with Crippen LogP contribution < -0.4 is 10.4 Å². The van der Waals surface area contributed by atoms with Gasteiger partial charge in [-0.1, -0.05) is 24.3 Å². The molecule has 0 aliphatic rings. The number of hydrogen-bond donors (Lipinski definition) is 1. The molecule has 1 amide bonds. The molecule has 2 aromatic rings. The summed E-state index contributed by atoms with van der Waals surface area (Å²) in [5.41, 5.74) is 0.578. The van der Waals surface area contributed by atoms with Gasteiger partial charge in [0.15, 0.2) is 9.84 Å². The minimum Gasteiger partial charge on any atom is -0.545 e. The third-order valence-electron chi connectivity index (χ3n) is 3.06. The van der Waals surface area contributed by atoms with E-state index >= 15 is 0 Å². The number of carboxylic acid groups (broad SMARTS) is 1. The van der Waals surface area contributed by atoms with Gasteiger partial charge in [0.25, 0.3) is 0 Å². The third kappa shape index (κ3) is 5.17. The average Bonchev–Trinajstić information content (AvgIpc) is 2.49. The number of nitrogens with one attached hydrogen (secondary N) is 1. The Balaban J connectivity index is 1.98. The number of carboxylic acids is 1. The second-order valence-electron chi connectivity index (χ2n) is 5.07. The topological polar surface area (TPSA) is 103 Å². The van der Waals surface area contributed by atoms with Crippen LogP contribution >= 0.6 is 0 Å². The van der Waals surface area contributed by atoms with Crippen LogP contribution in [-0.2, 0) is 20.4 Å². The van der Waals surface area contributed by atoms with Crippen molar-refractivity contribution in [3.63, 3.8) is 0 Å². The van der Waals surface area contributed by atoms with E-state index in [1.54, 1.807) is 0 Å². The third-order valence-corrected chi connectivity index (χ3v) is 4.53. The molecule has 0 aliphatic heterocycles. The highest BCUT2D eigenvalue weighted by molar-refractivity contribution is 7.91. The molecule has 2 rings (SSSR count). The minimum atomic E-state index is -3.74. The lowest BCUT2D eigenvalue weighted by molar-refractivity contribution is -0.255. The summed E-state index contributed by atoms with van der Waals surface area (Å²) in [7, 11) is -3.74. The number of carbonyl (C=O) groups excluding carboxylic acids is 2. The Morgan fingerprint density at radius 2 is 1.58 bits per heavy atom. The molecular formula is C16H13FNO5S-. The van der Waals surface area contributed by atoms with Gasteiger partial charge in [-0.3, -0.25) is 4.79 Å². The summed E-state index contributed by atoms with van der Waals surface area (Å²) in [6, 6.07) is 10.1. The van der Waals surface area contributed by atoms with E-state index in [2.05, 4.69) is 5.32 Å². The summed E-state index contributed by atoms with van der Waals surface area (Å²) in [4.78, 5) is 22.4. The van der Waals surface area contributed by atoms with Gasteiger partial charge in [0.2, 0.25) is 5.91 Å². The highest BCUT2D eigenvalue weighted by Gasteiger charge is 2.17. The lowest BCUT2D eigenvalue weighted by Gasteiger charge is -2.08. The molecule has 0 saturated heterocycles. The Bertz CT molecular complexity index is 845. The summed E-state index contributed by atoms with van der Waals surface area (Å²) in [5.74, 6) is -3.72. The molecule has 24 heavy (non-hydrogen) atoms. The maximum Gasteiger partial charge on any atom is 0.239 e. The Morgan fingerprint density at radius 1 is 1.00 bits per heavy atom. The van der Waals surface area contributed by atoms with Gasteiger partial charge >= 0.3 is 0 Å². The highest BCUT2D eigenvalue weighted by atomic mass is 32.2. The molecule has 6 nitrogen and oxygen atoms in total. The Morgan fingerprint density at radius 3 is 2.12 bits per heavy atom. The van der Waals surface area contributed by atoms with Gasteiger partial charge in [-0.15, -0.1) is 0 Å². The number of carbonyl (C=O) groups is 2. The van der Waals surface area contributed by atoms with Crippen molar-refractivity contribution in [2.24, 2.45) is 0 Å². The Hall–Kier alpha value is -2.74. The molecule has 0 saturated carbocycles. The van der Waals surface area contributed by atoms with E-state index in [9.17, 15) is 27.5 Å². The summed E-state index contributed by atoms with van der Waals surface area (Å²) >= 11 is 0. The number of amides is 1. The Labute approximate surface area is 137 Å². The normalized spacial score (nSPS) is 11.0. The van der Waals surface area contributed by atoms with Crippen molar-refractivity contribution in [2.45, 2.75) is 5.75 Å². The largest absolute Gasteiger partial charge is 0.545 e. The zero-order valence-electron chi connectivity index (χ0n) is 12.4. The van der Waals surface area contributed by atoms with Crippen LogP contribution in [0.3, 0.4) is 0 Å². The monoisotopic (exact) mass is 350 g/mol. The molecule has 1 N–H and O–H groups in total. The fourth-order valence-corrected chi connectivity index (χ4v) is 3.25. The molecule has 0 spiro atoms. The van der Waals surface area contributed by atoms with E-state index < -0.39 is 39.0 Å². The number of rotatable bonds is 6. The van der Waals surface area contributed by atoms with Crippen molar-refractivity contribution in [1.82, 2.24) is 0 Å². The average molecular weight is 350 g/mol. The number of aromatic carboxylic acids is 1. The molecule has 0 fully saturated rings. The predicted octanol–water partition coefficient (Wildman–Crippen LogP) is 0.743. The first-order valence-electron chi connectivity index (χ1n) is 6.81. The predicted molar refractivity (Wildman–Crippen MR) is 83.3 cm³/mol. The number of benzene rings is 2. The second kappa shape index (κ2) is 7.22. The smallest absolute Gasteiger partial charge is 0.239 e. The van der Waals surface area contributed by atoms with Gasteiger partial charge in [0.1, 0.15) is 11.6 Å². The van der Waals surface area contributed by atoms with Crippen LogP contribution in [-0.4, -0.2) is 26.0 Å². The van der Waals surface area contributed by atoms with E-state index in [0.717, 1.165) is 12.1 Å². The maximum absolute atomic E-state index is 12.8. The molecule has 0 radical (unpaired) electrons. The van der Waals surface area contributed by atoms with Gasteiger partial charge in [0, 0.05) is 5.69 Å². The standard InChI is InChI=1S/C16H14FNO5S/c17-13-5-7-14(8-6-13)18-15(19)10-24(22,23)9-11-1-3-12(4-2-11)16(20)21/h1-8H,9-10H2,(H,18,19)(H,20,21)/p-1. The quantitative estimate of drug-likeness (QED) is 0.828. The van der Waals surface area contributed by atoms with Crippen molar-refractivity contribution in [2.75, 3.05) is 11.1 Å². The summed E-state index contributed by atoms with van der Waals surface area (Å²) < 4.78 is 36.8. The molecular weight excluding hydrogens is 337 g/mol. The van der Waals surface area contributed by atoms with Gasteiger partial charge in [-0.25, -0.2) is 12.8 Å². The van der Waals surface area contributed by atoms with Gasteiger partial charge in [-0.2, -0.15) is 0 Å². The zero-order chi connectivity index (χ0) is 17.7. The SMILES string of the molecule is O=C(CS(=O)(=O)Cc1ccc(C(=O)[O-])cc1)Nc1ccc(F)cc1. The fourth-order valence-electron chi connectivity index (χ4n) is 1.97. The molecule has 126 valence electrons. The van der Waals surface area contributed by atoms with Gasteiger partial charge in [0.05, 0.1) is 11.7 Å². The van der Waals surface area contributed by atoms with Crippen LogP contribution in [0.2, 0.25) is 0 Å². The molecule has 0 aliphatic carbocycles. The summed E-state index contributed by atoms with van der Waals surface area (Å²) in [6.45, 7) is 0.